The van der Waals surface area contributed by atoms with Crippen LogP contribution in [0.3, 0.4) is 0 Å². The minimum atomic E-state index is -0.383. The van der Waals surface area contributed by atoms with E-state index in [0.29, 0.717) is 0 Å². The summed E-state index contributed by atoms with van der Waals surface area (Å²) in [6.07, 6.45) is 2.07. The molecule has 4 rings (SSSR count). The molecular formula is C18H15FN2. The van der Waals surface area contributed by atoms with E-state index in [1.807, 2.05) is 30.3 Å². The van der Waals surface area contributed by atoms with Crippen LogP contribution < -0.4 is 5.32 Å². The molecule has 0 amide bonds. The molecule has 0 saturated heterocycles. The molecule has 2 aromatic carbocycles. The van der Waals surface area contributed by atoms with Crippen LogP contribution >= 0.6 is 0 Å². The van der Waals surface area contributed by atoms with Gasteiger partial charge in [-0.2, -0.15) is 0 Å². The van der Waals surface area contributed by atoms with E-state index in [-0.39, 0.29) is 11.4 Å². The van der Waals surface area contributed by atoms with Crippen molar-refractivity contribution >= 4 is 5.69 Å². The predicted octanol–water partition coefficient (Wildman–Crippen LogP) is 4.31. The second kappa shape index (κ2) is 4.22. The molecule has 1 aliphatic heterocycles. The highest BCUT2D eigenvalue weighted by molar-refractivity contribution is 5.68. The predicted molar refractivity (Wildman–Crippen MR) is 82.2 cm³/mol. The van der Waals surface area contributed by atoms with Crippen LogP contribution in [-0.4, -0.2) is 4.57 Å². The van der Waals surface area contributed by atoms with Crippen molar-refractivity contribution in [2.45, 2.75) is 12.5 Å². The van der Waals surface area contributed by atoms with E-state index in [0.717, 1.165) is 22.6 Å². The van der Waals surface area contributed by atoms with Crippen LogP contribution in [0.25, 0.3) is 5.69 Å². The first-order chi connectivity index (χ1) is 10.2. The molecule has 1 aliphatic rings. The molecule has 0 saturated carbocycles. The van der Waals surface area contributed by atoms with Crippen LogP contribution in [0.4, 0.5) is 10.1 Å². The maximum atomic E-state index is 13.2. The third-order valence-electron chi connectivity index (χ3n) is 4.23. The molecule has 104 valence electrons. The number of benzene rings is 2. The van der Waals surface area contributed by atoms with Crippen LogP contribution in [0.5, 0.6) is 0 Å². The first-order valence-corrected chi connectivity index (χ1v) is 7.00. The molecule has 3 aromatic rings. The van der Waals surface area contributed by atoms with Gasteiger partial charge >= 0.3 is 0 Å². The number of nitrogens with one attached hydrogen (secondary N) is 1. The number of para-hydroxylation sites is 2. The number of hydrogen-bond donors (Lipinski definition) is 1. The summed E-state index contributed by atoms with van der Waals surface area (Å²) in [5.41, 5.74) is 4.02. The Morgan fingerprint density at radius 2 is 1.71 bits per heavy atom. The van der Waals surface area contributed by atoms with Gasteiger partial charge in [0.05, 0.1) is 17.1 Å². The lowest BCUT2D eigenvalue weighted by Gasteiger charge is -2.38. The Labute approximate surface area is 122 Å². The number of halogens is 1. The summed E-state index contributed by atoms with van der Waals surface area (Å²) < 4.78 is 15.4. The molecular weight excluding hydrogens is 263 g/mol. The van der Waals surface area contributed by atoms with Gasteiger partial charge in [0.25, 0.3) is 0 Å². The van der Waals surface area contributed by atoms with Crippen molar-refractivity contribution in [2.75, 3.05) is 5.32 Å². The Morgan fingerprint density at radius 3 is 2.52 bits per heavy atom. The lowest BCUT2D eigenvalue weighted by atomic mass is 9.86. The molecule has 0 aliphatic carbocycles. The topological polar surface area (TPSA) is 17.0 Å². The fourth-order valence-corrected chi connectivity index (χ4v) is 3.12. The van der Waals surface area contributed by atoms with E-state index in [2.05, 4.69) is 41.2 Å². The number of fused-ring (bicyclic) bond motifs is 3. The summed E-state index contributed by atoms with van der Waals surface area (Å²) in [6.45, 7) is 2.13. The number of anilines is 1. The van der Waals surface area contributed by atoms with Gasteiger partial charge in [-0.15, -0.1) is 0 Å². The Bertz CT molecular complexity index is 804. The zero-order valence-corrected chi connectivity index (χ0v) is 11.7. The minimum absolute atomic E-state index is 0.214. The van der Waals surface area contributed by atoms with Crippen LogP contribution in [-0.2, 0) is 5.54 Å². The van der Waals surface area contributed by atoms with Gasteiger partial charge in [-0.05, 0) is 48.9 Å². The third kappa shape index (κ3) is 1.70. The molecule has 3 heteroatoms. The maximum absolute atomic E-state index is 13.2. The lowest BCUT2D eigenvalue weighted by molar-refractivity contribution is 0.594. The van der Waals surface area contributed by atoms with Gasteiger partial charge in [-0.3, -0.25) is 0 Å². The first kappa shape index (κ1) is 12.2. The van der Waals surface area contributed by atoms with Crippen LogP contribution in [0.15, 0.2) is 66.9 Å². The molecule has 21 heavy (non-hydrogen) atoms. The lowest BCUT2D eigenvalue weighted by Crippen LogP contribution is -2.38. The van der Waals surface area contributed by atoms with Crippen molar-refractivity contribution in [1.82, 2.24) is 4.57 Å². The monoisotopic (exact) mass is 278 g/mol. The zero-order chi connectivity index (χ0) is 14.4. The number of aromatic nitrogens is 1. The summed E-state index contributed by atoms with van der Waals surface area (Å²) in [5.74, 6) is -0.214. The molecule has 1 unspecified atom stereocenters. The molecule has 0 spiro atoms. The Hall–Kier alpha value is -2.55. The van der Waals surface area contributed by atoms with Gasteiger partial charge in [-0.1, -0.05) is 24.3 Å². The second-order valence-corrected chi connectivity index (χ2v) is 5.54. The van der Waals surface area contributed by atoms with Crippen molar-refractivity contribution < 1.29 is 4.39 Å². The zero-order valence-electron chi connectivity index (χ0n) is 11.7. The second-order valence-electron chi connectivity index (χ2n) is 5.54. The Morgan fingerprint density at radius 1 is 0.952 bits per heavy atom. The summed E-state index contributed by atoms with van der Waals surface area (Å²) in [7, 11) is 0. The maximum Gasteiger partial charge on any atom is 0.123 e. The van der Waals surface area contributed by atoms with Crippen LogP contribution in [0.2, 0.25) is 0 Å². The van der Waals surface area contributed by atoms with E-state index in [4.69, 9.17) is 0 Å². The Kier molecular flexibility index (Phi) is 2.45. The summed E-state index contributed by atoms with van der Waals surface area (Å²) in [4.78, 5) is 0. The van der Waals surface area contributed by atoms with E-state index in [9.17, 15) is 4.39 Å². The van der Waals surface area contributed by atoms with Crippen molar-refractivity contribution in [3.63, 3.8) is 0 Å². The van der Waals surface area contributed by atoms with Gasteiger partial charge < -0.3 is 9.88 Å². The first-order valence-electron chi connectivity index (χ1n) is 7.00. The van der Waals surface area contributed by atoms with Crippen molar-refractivity contribution in [3.05, 3.63) is 83.9 Å². The normalized spacial score (nSPS) is 19.5. The van der Waals surface area contributed by atoms with Gasteiger partial charge in [-0.25, -0.2) is 4.39 Å². The fraction of sp³-hybridized carbons (Fsp3) is 0.111. The summed E-state index contributed by atoms with van der Waals surface area (Å²) in [6, 6.07) is 19.1. The van der Waals surface area contributed by atoms with E-state index < -0.39 is 0 Å². The molecule has 0 bridgehead atoms. The van der Waals surface area contributed by atoms with Crippen LogP contribution in [0, 0.1) is 5.82 Å². The highest BCUT2D eigenvalue weighted by atomic mass is 19.1. The number of rotatable bonds is 1. The Balaban J connectivity index is 1.94. The van der Waals surface area contributed by atoms with E-state index >= 15 is 0 Å². The average molecular weight is 278 g/mol. The van der Waals surface area contributed by atoms with Crippen molar-refractivity contribution in [2.24, 2.45) is 0 Å². The smallest absolute Gasteiger partial charge is 0.123 e. The molecule has 1 aromatic heterocycles. The van der Waals surface area contributed by atoms with Crippen molar-refractivity contribution in [1.29, 1.82) is 0 Å². The van der Waals surface area contributed by atoms with Gasteiger partial charge in [0.2, 0.25) is 0 Å². The minimum Gasteiger partial charge on any atom is -0.369 e. The van der Waals surface area contributed by atoms with Crippen LogP contribution in [0.1, 0.15) is 18.2 Å². The van der Waals surface area contributed by atoms with Gasteiger partial charge in [0.15, 0.2) is 0 Å². The molecule has 0 radical (unpaired) electrons. The number of nitrogens with zero attached hydrogens (tertiary/aromatic N) is 1. The standard InChI is InChI=1S/C18H15FN2/c1-18(13-8-10-14(19)11-9-13)17-7-4-12-21(17)16-6-3-2-5-15(16)20-18/h2-12,20H,1H3. The SMILES string of the molecule is CC1(c2ccc(F)cc2)Nc2ccccc2-n2cccc21. The quantitative estimate of drug-likeness (QED) is 0.702. The molecule has 0 fully saturated rings. The molecule has 1 N–H and O–H groups in total. The summed E-state index contributed by atoms with van der Waals surface area (Å²) >= 11 is 0. The highest BCUT2D eigenvalue weighted by Gasteiger charge is 2.35. The fourth-order valence-electron chi connectivity index (χ4n) is 3.12. The average Bonchev–Trinajstić information content (AvgIpc) is 2.99. The molecule has 2 nitrogen and oxygen atoms in total. The number of hydrogen-bond acceptors (Lipinski definition) is 1. The third-order valence-corrected chi connectivity index (χ3v) is 4.23. The van der Waals surface area contributed by atoms with Crippen molar-refractivity contribution in [3.8, 4) is 5.69 Å². The van der Waals surface area contributed by atoms with E-state index in [1.165, 1.54) is 12.1 Å². The highest BCUT2D eigenvalue weighted by Crippen LogP contribution is 2.41. The molecule has 2 heterocycles. The largest absolute Gasteiger partial charge is 0.369 e. The van der Waals surface area contributed by atoms with Gasteiger partial charge in [0, 0.05) is 6.20 Å². The molecule has 1 atom stereocenters. The van der Waals surface area contributed by atoms with E-state index in [1.54, 1.807) is 0 Å². The van der Waals surface area contributed by atoms with Gasteiger partial charge in [0.1, 0.15) is 11.4 Å². The summed E-state index contributed by atoms with van der Waals surface area (Å²) in [5, 5.41) is 3.61.